The van der Waals surface area contributed by atoms with Crippen LogP contribution >= 0.6 is 0 Å². The van der Waals surface area contributed by atoms with Crippen LogP contribution in [0.15, 0.2) is 42.5 Å². The number of nitrogens with zero attached hydrogens (tertiary/aromatic N) is 1. The molecule has 0 saturated carbocycles. The highest BCUT2D eigenvalue weighted by atomic mass is 15.1. The van der Waals surface area contributed by atoms with Gasteiger partial charge < -0.3 is 5.32 Å². The first-order chi connectivity index (χ1) is 8.13. The minimum Gasteiger partial charge on any atom is -0.316 e. The van der Waals surface area contributed by atoms with Crippen LogP contribution in [-0.4, -0.2) is 31.1 Å². The SMILES string of the molecule is C=C(CNC)CN(Cc1ccccc1)C(C)C. The summed E-state index contributed by atoms with van der Waals surface area (Å²) in [6, 6.07) is 11.1. The van der Waals surface area contributed by atoms with E-state index < -0.39 is 0 Å². The lowest BCUT2D eigenvalue weighted by atomic mass is 10.1. The molecule has 0 aliphatic rings. The maximum Gasteiger partial charge on any atom is 0.0239 e. The van der Waals surface area contributed by atoms with E-state index in [9.17, 15) is 0 Å². The molecule has 1 rings (SSSR count). The molecule has 1 aromatic rings. The minimum absolute atomic E-state index is 0.531. The summed E-state index contributed by atoms with van der Waals surface area (Å²) in [5.74, 6) is 0. The third-order valence-electron chi connectivity index (χ3n) is 2.81. The quantitative estimate of drug-likeness (QED) is 0.727. The molecule has 2 nitrogen and oxygen atoms in total. The van der Waals surface area contributed by atoms with Crippen molar-refractivity contribution in [2.75, 3.05) is 20.1 Å². The summed E-state index contributed by atoms with van der Waals surface area (Å²) in [7, 11) is 1.96. The molecule has 0 amide bonds. The molecular formula is C15H24N2. The van der Waals surface area contributed by atoms with Gasteiger partial charge in [-0.05, 0) is 32.0 Å². The Hall–Kier alpha value is -1.12. The molecule has 0 fully saturated rings. The molecule has 0 bridgehead atoms. The van der Waals surface area contributed by atoms with Gasteiger partial charge in [-0.25, -0.2) is 0 Å². The van der Waals surface area contributed by atoms with Gasteiger partial charge in [0.05, 0.1) is 0 Å². The van der Waals surface area contributed by atoms with Crippen molar-refractivity contribution in [2.24, 2.45) is 0 Å². The van der Waals surface area contributed by atoms with Crippen LogP contribution in [0.25, 0.3) is 0 Å². The summed E-state index contributed by atoms with van der Waals surface area (Å²) in [4.78, 5) is 2.44. The Kier molecular flexibility index (Phi) is 5.95. The summed E-state index contributed by atoms with van der Waals surface area (Å²) >= 11 is 0. The summed E-state index contributed by atoms with van der Waals surface area (Å²) in [5, 5.41) is 3.15. The highest BCUT2D eigenvalue weighted by Gasteiger charge is 2.10. The van der Waals surface area contributed by atoms with Crippen molar-refractivity contribution in [1.29, 1.82) is 0 Å². The maximum absolute atomic E-state index is 4.10. The van der Waals surface area contributed by atoms with E-state index in [1.165, 1.54) is 11.1 Å². The fraction of sp³-hybridized carbons (Fsp3) is 0.467. The van der Waals surface area contributed by atoms with Gasteiger partial charge in [-0.15, -0.1) is 0 Å². The fourth-order valence-corrected chi connectivity index (χ4v) is 1.83. The van der Waals surface area contributed by atoms with Gasteiger partial charge in [0.15, 0.2) is 0 Å². The number of nitrogens with one attached hydrogen (secondary N) is 1. The first-order valence-corrected chi connectivity index (χ1v) is 6.22. The van der Waals surface area contributed by atoms with Gasteiger partial charge in [0, 0.05) is 25.7 Å². The van der Waals surface area contributed by atoms with Crippen molar-refractivity contribution >= 4 is 0 Å². The molecule has 0 spiro atoms. The second kappa shape index (κ2) is 7.25. The minimum atomic E-state index is 0.531. The molecule has 17 heavy (non-hydrogen) atoms. The van der Waals surface area contributed by atoms with Crippen molar-refractivity contribution < 1.29 is 0 Å². The molecule has 0 radical (unpaired) electrons. The van der Waals surface area contributed by atoms with E-state index in [-0.39, 0.29) is 0 Å². The fourth-order valence-electron chi connectivity index (χ4n) is 1.83. The number of likely N-dealkylation sites (N-methyl/N-ethyl adjacent to an activating group) is 1. The average Bonchev–Trinajstić information content (AvgIpc) is 2.29. The zero-order valence-electron chi connectivity index (χ0n) is 11.2. The van der Waals surface area contributed by atoms with Gasteiger partial charge in [-0.3, -0.25) is 4.90 Å². The monoisotopic (exact) mass is 232 g/mol. The molecule has 94 valence electrons. The highest BCUT2D eigenvalue weighted by molar-refractivity contribution is 5.15. The molecule has 2 heteroatoms. The molecule has 1 aromatic carbocycles. The number of hydrogen-bond donors (Lipinski definition) is 1. The Balaban J connectivity index is 2.58. The van der Waals surface area contributed by atoms with Gasteiger partial charge in [-0.2, -0.15) is 0 Å². The van der Waals surface area contributed by atoms with Crippen molar-refractivity contribution in [3.63, 3.8) is 0 Å². The number of benzene rings is 1. The molecule has 0 atom stereocenters. The summed E-state index contributed by atoms with van der Waals surface area (Å²) in [6.07, 6.45) is 0. The van der Waals surface area contributed by atoms with Gasteiger partial charge >= 0.3 is 0 Å². The topological polar surface area (TPSA) is 15.3 Å². The normalized spacial score (nSPS) is 11.1. The van der Waals surface area contributed by atoms with Crippen LogP contribution in [0.1, 0.15) is 19.4 Å². The molecular weight excluding hydrogens is 208 g/mol. The summed E-state index contributed by atoms with van der Waals surface area (Å²) in [6.45, 7) is 11.4. The van der Waals surface area contributed by atoms with E-state index in [0.29, 0.717) is 6.04 Å². The van der Waals surface area contributed by atoms with Gasteiger partial charge in [0.1, 0.15) is 0 Å². The summed E-state index contributed by atoms with van der Waals surface area (Å²) < 4.78 is 0. The zero-order chi connectivity index (χ0) is 12.7. The standard InChI is InChI=1S/C15H24N2/c1-13(2)17(11-14(3)10-16-4)12-15-8-6-5-7-9-15/h5-9,13,16H,3,10-12H2,1-2,4H3. The lowest BCUT2D eigenvalue weighted by molar-refractivity contribution is 0.231. The van der Waals surface area contributed by atoms with Crippen LogP contribution in [0.5, 0.6) is 0 Å². The smallest absolute Gasteiger partial charge is 0.0239 e. The van der Waals surface area contributed by atoms with E-state index in [1.807, 2.05) is 7.05 Å². The maximum atomic E-state index is 4.10. The van der Waals surface area contributed by atoms with Crippen molar-refractivity contribution in [3.8, 4) is 0 Å². The molecule has 0 aliphatic carbocycles. The molecule has 0 heterocycles. The van der Waals surface area contributed by atoms with Crippen molar-refractivity contribution in [3.05, 3.63) is 48.0 Å². The number of rotatable bonds is 7. The van der Waals surface area contributed by atoms with E-state index >= 15 is 0 Å². The van der Waals surface area contributed by atoms with Crippen LogP contribution < -0.4 is 5.32 Å². The largest absolute Gasteiger partial charge is 0.316 e. The van der Waals surface area contributed by atoms with E-state index in [4.69, 9.17) is 0 Å². The first-order valence-electron chi connectivity index (χ1n) is 6.22. The van der Waals surface area contributed by atoms with E-state index in [2.05, 4.69) is 61.0 Å². The molecule has 0 aromatic heterocycles. The predicted octanol–water partition coefficient (Wildman–Crippen LogP) is 2.67. The Morgan fingerprint density at radius 1 is 1.29 bits per heavy atom. The van der Waals surface area contributed by atoms with Gasteiger partial charge in [-0.1, -0.05) is 36.9 Å². The van der Waals surface area contributed by atoms with Gasteiger partial charge in [0.2, 0.25) is 0 Å². The van der Waals surface area contributed by atoms with Crippen molar-refractivity contribution in [1.82, 2.24) is 10.2 Å². The molecule has 0 unspecified atom stereocenters. The summed E-state index contributed by atoms with van der Waals surface area (Å²) in [5.41, 5.74) is 2.59. The Morgan fingerprint density at radius 3 is 2.47 bits per heavy atom. The Bertz CT molecular complexity index is 330. The highest BCUT2D eigenvalue weighted by Crippen LogP contribution is 2.09. The average molecular weight is 232 g/mol. The first kappa shape index (κ1) is 13.9. The predicted molar refractivity (Wildman–Crippen MR) is 75.1 cm³/mol. The molecule has 1 N–H and O–H groups in total. The lowest BCUT2D eigenvalue weighted by Gasteiger charge is -2.27. The van der Waals surface area contributed by atoms with Crippen molar-refractivity contribution in [2.45, 2.75) is 26.4 Å². The third-order valence-corrected chi connectivity index (χ3v) is 2.81. The Labute approximate surface area is 105 Å². The van der Waals surface area contributed by atoms with Crippen LogP contribution in [0.4, 0.5) is 0 Å². The molecule has 0 aliphatic heterocycles. The number of hydrogen-bond acceptors (Lipinski definition) is 2. The van der Waals surface area contributed by atoms with E-state index in [1.54, 1.807) is 0 Å². The zero-order valence-corrected chi connectivity index (χ0v) is 11.2. The molecule has 0 saturated heterocycles. The third kappa shape index (κ3) is 5.16. The Morgan fingerprint density at radius 2 is 1.94 bits per heavy atom. The van der Waals surface area contributed by atoms with Crippen LogP contribution in [0.3, 0.4) is 0 Å². The second-order valence-electron chi connectivity index (χ2n) is 4.76. The second-order valence-corrected chi connectivity index (χ2v) is 4.76. The van der Waals surface area contributed by atoms with Crippen LogP contribution in [0.2, 0.25) is 0 Å². The van der Waals surface area contributed by atoms with Crippen LogP contribution in [0, 0.1) is 0 Å². The van der Waals surface area contributed by atoms with Crippen LogP contribution in [-0.2, 0) is 6.54 Å². The van der Waals surface area contributed by atoms with Gasteiger partial charge in [0.25, 0.3) is 0 Å². The lowest BCUT2D eigenvalue weighted by Crippen LogP contribution is -2.33. The van der Waals surface area contributed by atoms with E-state index in [0.717, 1.165) is 19.6 Å².